The summed E-state index contributed by atoms with van der Waals surface area (Å²) >= 11 is 0. The van der Waals surface area contributed by atoms with Gasteiger partial charge in [0, 0.05) is 13.5 Å². The van der Waals surface area contributed by atoms with E-state index in [9.17, 15) is 14.4 Å². The average molecular weight is 319 g/mol. The quantitative estimate of drug-likeness (QED) is 0.630. The molecule has 0 saturated heterocycles. The number of amides is 1. The van der Waals surface area contributed by atoms with E-state index in [0.717, 1.165) is 5.52 Å². The molecule has 8 heteroatoms. The number of nitrogens with zero attached hydrogens (tertiary/aromatic N) is 2. The average Bonchev–Trinajstić information content (AvgIpc) is 2.87. The van der Waals surface area contributed by atoms with Crippen LogP contribution >= 0.6 is 0 Å². The van der Waals surface area contributed by atoms with Gasteiger partial charge in [0.1, 0.15) is 5.82 Å². The van der Waals surface area contributed by atoms with Gasteiger partial charge in [-0.3, -0.25) is 9.59 Å². The Hall–Kier alpha value is -2.90. The third-order valence-electron chi connectivity index (χ3n) is 3.51. The van der Waals surface area contributed by atoms with Crippen molar-refractivity contribution in [2.45, 2.75) is 12.8 Å². The predicted molar refractivity (Wildman–Crippen MR) is 82.1 cm³/mol. The highest BCUT2D eigenvalue weighted by Gasteiger charge is 2.17. The molecule has 0 saturated carbocycles. The van der Waals surface area contributed by atoms with Crippen LogP contribution in [0, 0.1) is 0 Å². The summed E-state index contributed by atoms with van der Waals surface area (Å²) in [5.74, 6) is -0.224. The number of carbonyl (C=O) groups excluding carboxylic acids is 3. The number of fused-ring (bicyclic) bond motifs is 1. The van der Waals surface area contributed by atoms with Gasteiger partial charge < -0.3 is 19.4 Å². The smallest absolute Gasteiger partial charge is 0.340 e. The van der Waals surface area contributed by atoms with Crippen LogP contribution in [0.2, 0.25) is 0 Å². The summed E-state index contributed by atoms with van der Waals surface area (Å²) in [7, 11) is 4.39. The fourth-order valence-electron chi connectivity index (χ4n) is 2.29. The number of rotatable bonds is 6. The molecule has 8 nitrogen and oxygen atoms in total. The van der Waals surface area contributed by atoms with Crippen molar-refractivity contribution in [3.05, 3.63) is 23.5 Å². The van der Waals surface area contributed by atoms with E-state index in [1.807, 2.05) is 0 Å². The van der Waals surface area contributed by atoms with Crippen molar-refractivity contribution in [3.63, 3.8) is 0 Å². The number of nitrogens with one attached hydrogen (secondary N) is 1. The Morgan fingerprint density at radius 3 is 2.65 bits per heavy atom. The molecule has 122 valence electrons. The van der Waals surface area contributed by atoms with Crippen LogP contribution in [0.5, 0.6) is 0 Å². The molecular formula is C15H17N3O5. The summed E-state index contributed by atoms with van der Waals surface area (Å²) in [5.41, 5.74) is 1.85. The Morgan fingerprint density at radius 1 is 1.30 bits per heavy atom. The molecule has 0 unspecified atom stereocenters. The molecule has 1 aromatic carbocycles. The summed E-state index contributed by atoms with van der Waals surface area (Å²) < 4.78 is 11.1. The normalized spacial score (nSPS) is 10.4. The zero-order valence-electron chi connectivity index (χ0n) is 13.1. The van der Waals surface area contributed by atoms with Gasteiger partial charge in [0.15, 0.2) is 0 Å². The van der Waals surface area contributed by atoms with Gasteiger partial charge in [-0.1, -0.05) is 0 Å². The van der Waals surface area contributed by atoms with Crippen LogP contribution in [0.25, 0.3) is 11.0 Å². The molecule has 0 bridgehead atoms. The highest BCUT2D eigenvalue weighted by molar-refractivity contribution is 6.02. The molecular weight excluding hydrogens is 302 g/mol. The maximum absolute atomic E-state index is 11.8. The van der Waals surface area contributed by atoms with Crippen molar-refractivity contribution >= 4 is 35.1 Å². The lowest BCUT2D eigenvalue weighted by atomic mass is 10.1. The van der Waals surface area contributed by atoms with Crippen molar-refractivity contribution in [2.75, 3.05) is 19.5 Å². The lowest BCUT2D eigenvalue weighted by molar-refractivity contribution is -0.140. The number of anilines is 1. The minimum absolute atomic E-state index is 0.205. The minimum atomic E-state index is -0.571. The van der Waals surface area contributed by atoms with Crippen LogP contribution in [-0.4, -0.2) is 42.1 Å². The SMILES string of the molecule is COC(=O)CCc1nc2cc(C(=O)OC)c(NC=O)cc2n1C. The number of benzene rings is 1. The van der Waals surface area contributed by atoms with Gasteiger partial charge in [-0.05, 0) is 12.1 Å². The van der Waals surface area contributed by atoms with Crippen molar-refractivity contribution in [2.24, 2.45) is 7.05 Å². The fourth-order valence-corrected chi connectivity index (χ4v) is 2.29. The largest absolute Gasteiger partial charge is 0.469 e. The maximum atomic E-state index is 11.8. The van der Waals surface area contributed by atoms with Gasteiger partial charge in [0.25, 0.3) is 0 Å². The zero-order chi connectivity index (χ0) is 17.0. The first-order valence-electron chi connectivity index (χ1n) is 6.86. The highest BCUT2D eigenvalue weighted by Crippen LogP contribution is 2.25. The molecule has 2 rings (SSSR count). The summed E-state index contributed by atoms with van der Waals surface area (Å²) in [6.07, 6.45) is 1.10. The second-order valence-corrected chi connectivity index (χ2v) is 4.80. The van der Waals surface area contributed by atoms with Gasteiger partial charge in [-0.15, -0.1) is 0 Å². The van der Waals surface area contributed by atoms with E-state index >= 15 is 0 Å². The number of esters is 2. The van der Waals surface area contributed by atoms with Crippen LogP contribution in [0.1, 0.15) is 22.6 Å². The minimum Gasteiger partial charge on any atom is -0.469 e. The lowest BCUT2D eigenvalue weighted by Crippen LogP contribution is -2.07. The first-order valence-corrected chi connectivity index (χ1v) is 6.86. The summed E-state index contributed by atoms with van der Waals surface area (Å²) in [6.45, 7) is 0. The number of imidazole rings is 1. The Bertz CT molecular complexity index is 766. The van der Waals surface area contributed by atoms with Gasteiger partial charge in [-0.2, -0.15) is 0 Å². The van der Waals surface area contributed by atoms with E-state index in [0.29, 0.717) is 29.9 Å². The van der Waals surface area contributed by atoms with E-state index < -0.39 is 5.97 Å². The number of carbonyl (C=O) groups is 3. The number of aryl methyl sites for hydroxylation is 2. The Morgan fingerprint density at radius 2 is 2.04 bits per heavy atom. The first kappa shape index (κ1) is 16.5. The second-order valence-electron chi connectivity index (χ2n) is 4.80. The molecule has 0 radical (unpaired) electrons. The fraction of sp³-hybridized carbons (Fsp3) is 0.333. The molecule has 1 aromatic heterocycles. The topological polar surface area (TPSA) is 99.5 Å². The van der Waals surface area contributed by atoms with Gasteiger partial charge in [0.05, 0.1) is 42.9 Å². The molecule has 0 aliphatic carbocycles. The molecule has 0 aliphatic heterocycles. The van der Waals surface area contributed by atoms with E-state index in [4.69, 9.17) is 4.74 Å². The number of methoxy groups -OCH3 is 2. The van der Waals surface area contributed by atoms with Crippen LogP contribution < -0.4 is 5.32 Å². The third-order valence-corrected chi connectivity index (χ3v) is 3.51. The summed E-state index contributed by atoms with van der Waals surface area (Å²) in [5, 5.41) is 2.48. The molecule has 1 heterocycles. The molecule has 23 heavy (non-hydrogen) atoms. The Balaban J connectivity index is 2.47. The van der Waals surface area contributed by atoms with Crippen LogP contribution in [0.3, 0.4) is 0 Å². The lowest BCUT2D eigenvalue weighted by Gasteiger charge is -2.07. The number of ether oxygens (including phenoxy) is 2. The molecule has 0 fully saturated rings. The van der Waals surface area contributed by atoms with Crippen LogP contribution in [-0.2, 0) is 32.5 Å². The zero-order valence-corrected chi connectivity index (χ0v) is 13.1. The molecule has 1 amide bonds. The van der Waals surface area contributed by atoms with Gasteiger partial charge in [-0.25, -0.2) is 9.78 Å². The number of hydrogen-bond acceptors (Lipinski definition) is 6. The predicted octanol–water partition coefficient (Wildman–Crippen LogP) is 1.03. The molecule has 0 aliphatic rings. The molecule has 0 atom stereocenters. The molecule has 0 spiro atoms. The first-order chi connectivity index (χ1) is 11.0. The maximum Gasteiger partial charge on any atom is 0.340 e. The van der Waals surface area contributed by atoms with Crippen LogP contribution in [0.15, 0.2) is 12.1 Å². The second kappa shape index (κ2) is 6.91. The van der Waals surface area contributed by atoms with Gasteiger partial charge >= 0.3 is 11.9 Å². The van der Waals surface area contributed by atoms with E-state index in [1.54, 1.807) is 23.7 Å². The van der Waals surface area contributed by atoms with E-state index in [-0.39, 0.29) is 18.0 Å². The van der Waals surface area contributed by atoms with Crippen molar-refractivity contribution in [3.8, 4) is 0 Å². The standard InChI is InChI=1S/C15H17N3O5/c1-18-12-7-10(16-8-19)9(15(21)23-3)6-11(12)17-13(18)4-5-14(20)22-2/h6-8H,4-5H2,1-3H3,(H,16,19). The van der Waals surface area contributed by atoms with E-state index in [1.165, 1.54) is 14.2 Å². The Labute approximate surface area is 132 Å². The van der Waals surface area contributed by atoms with Gasteiger partial charge in [0.2, 0.25) is 6.41 Å². The monoisotopic (exact) mass is 319 g/mol. The molecule has 1 N–H and O–H groups in total. The number of aromatic nitrogens is 2. The highest BCUT2D eigenvalue weighted by atomic mass is 16.5. The van der Waals surface area contributed by atoms with Crippen molar-refractivity contribution in [1.82, 2.24) is 9.55 Å². The third kappa shape index (κ3) is 3.31. The van der Waals surface area contributed by atoms with Crippen LogP contribution in [0.4, 0.5) is 5.69 Å². The van der Waals surface area contributed by atoms with Crippen molar-refractivity contribution in [1.29, 1.82) is 0 Å². The summed E-state index contributed by atoms with van der Waals surface area (Å²) in [6, 6.07) is 3.19. The van der Waals surface area contributed by atoms with Crippen molar-refractivity contribution < 1.29 is 23.9 Å². The Kier molecular flexibility index (Phi) is 4.95. The number of hydrogen-bond donors (Lipinski definition) is 1. The summed E-state index contributed by atoms with van der Waals surface area (Å²) in [4.78, 5) is 38.3. The molecule has 2 aromatic rings. The van der Waals surface area contributed by atoms with E-state index in [2.05, 4.69) is 15.0 Å².